The van der Waals surface area contributed by atoms with Gasteiger partial charge in [-0.15, -0.1) is 0 Å². The number of allylic oxidation sites excluding steroid dienone is 3. The Kier molecular flexibility index (Phi) is 6.31. The van der Waals surface area contributed by atoms with Crippen LogP contribution in [-0.4, -0.2) is 19.2 Å². The van der Waals surface area contributed by atoms with Crippen LogP contribution in [0.4, 0.5) is 0 Å². The Labute approximate surface area is 157 Å². The number of unbranched alkanes of at least 4 members (excludes halogenated alkanes) is 1. The summed E-state index contributed by atoms with van der Waals surface area (Å²) in [4.78, 5) is 11.9. The van der Waals surface area contributed by atoms with Crippen LogP contribution in [0.1, 0.15) is 51.5 Å². The van der Waals surface area contributed by atoms with Crippen molar-refractivity contribution in [3.05, 3.63) is 59.4 Å². The first-order valence-electron chi connectivity index (χ1n) is 9.84. The largest absolute Gasteiger partial charge is 0.472 e. The van der Waals surface area contributed by atoms with Crippen LogP contribution in [0.3, 0.4) is 0 Å². The second-order valence-electron chi connectivity index (χ2n) is 7.72. The summed E-state index contributed by atoms with van der Waals surface area (Å²) in [5.41, 5.74) is 3.21. The SMILES string of the molecule is CCCCO[C@H]1C[C@@H]2C(=CO1)C=C(C=O)[C@H](c1ccccc1)[C@H]2C(C)C. The predicted molar refractivity (Wildman–Crippen MR) is 104 cm³/mol. The Morgan fingerprint density at radius 3 is 2.69 bits per heavy atom. The van der Waals surface area contributed by atoms with Crippen LogP contribution >= 0.6 is 0 Å². The summed E-state index contributed by atoms with van der Waals surface area (Å²) in [7, 11) is 0. The molecule has 3 rings (SSSR count). The van der Waals surface area contributed by atoms with Crippen molar-refractivity contribution < 1.29 is 14.3 Å². The number of carbonyl (C=O) groups is 1. The maximum atomic E-state index is 11.9. The lowest BCUT2D eigenvalue weighted by molar-refractivity contribution is -0.130. The van der Waals surface area contributed by atoms with E-state index < -0.39 is 0 Å². The molecule has 1 heterocycles. The van der Waals surface area contributed by atoms with Gasteiger partial charge in [0.2, 0.25) is 0 Å². The molecule has 0 spiro atoms. The van der Waals surface area contributed by atoms with Crippen molar-refractivity contribution in [2.24, 2.45) is 17.8 Å². The molecule has 3 heteroatoms. The Bertz CT molecular complexity index is 659. The fraction of sp³-hybridized carbons (Fsp3) is 0.522. The molecule has 2 aliphatic rings. The molecule has 26 heavy (non-hydrogen) atoms. The second kappa shape index (κ2) is 8.68. The van der Waals surface area contributed by atoms with E-state index in [-0.39, 0.29) is 12.2 Å². The van der Waals surface area contributed by atoms with Crippen molar-refractivity contribution in [2.75, 3.05) is 6.61 Å². The number of hydrogen-bond donors (Lipinski definition) is 0. The normalized spacial score (nSPS) is 28.0. The lowest BCUT2D eigenvalue weighted by atomic mass is 9.62. The molecule has 140 valence electrons. The summed E-state index contributed by atoms with van der Waals surface area (Å²) >= 11 is 0. The van der Waals surface area contributed by atoms with Gasteiger partial charge in [-0.05, 0) is 41.4 Å². The van der Waals surface area contributed by atoms with E-state index in [4.69, 9.17) is 9.47 Å². The van der Waals surface area contributed by atoms with Crippen LogP contribution in [0.25, 0.3) is 0 Å². The van der Waals surface area contributed by atoms with Gasteiger partial charge in [-0.3, -0.25) is 4.79 Å². The molecule has 0 fully saturated rings. The third kappa shape index (κ3) is 3.93. The summed E-state index contributed by atoms with van der Waals surface area (Å²) in [6.07, 6.45) is 7.72. The monoisotopic (exact) mass is 354 g/mol. The van der Waals surface area contributed by atoms with Crippen LogP contribution in [0.15, 0.2) is 53.8 Å². The molecule has 1 aromatic carbocycles. The van der Waals surface area contributed by atoms with E-state index >= 15 is 0 Å². The van der Waals surface area contributed by atoms with Gasteiger partial charge in [0.1, 0.15) is 6.29 Å². The lowest BCUT2D eigenvalue weighted by Gasteiger charge is -2.44. The second-order valence-corrected chi connectivity index (χ2v) is 7.72. The smallest absolute Gasteiger partial charge is 0.199 e. The van der Waals surface area contributed by atoms with Gasteiger partial charge >= 0.3 is 0 Å². The third-order valence-electron chi connectivity index (χ3n) is 5.64. The summed E-state index contributed by atoms with van der Waals surface area (Å²) < 4.78 is 11.7. The van der Waals surface area contributed by atoms with E-state index in [1.165, 1.54) is 5.56 Å². The zero-order chi connectivity index (χ0) is 18.5. The van der Waals surface area contributed by atoms with Crippen molar-refractivity contribution in [2.45, 2.75) is 52.2 Å². The van der Waals surface area contributed by atoms with Gasteiger partial charge in [-0.2, -0.15) is 0 Å². The van der Waals surface area contributed by atoms with Crippen molar-refractivity contribution in [3.63, 3.8) is 0 Å². The molecular weight excluding hydrogens is 324 g/mol. The fourth-order valence-electron chi connectivity index (χ4n) is 4.40. The van der Waals surface area contributed by atoms with E-state index in [1.54, 1.807) is 0 Å². The molecule has 3 nitrogen and oxygen atoms in total. The Balaban J connectivity index is 1.92. The van der Waals surface area contributed by atoms with Crippen LogP contribution in [0, 0.1) is 17.8 Å². The molecule has 0 saturated carbocycles. The first-order chi connectivity index (χ1) is 12.7. The zero-order valence-corrected chi connectivity index (χ0v) is 16.1. The molecule has 0 amide bonds. The predicted octanol–water partition coefficient (Wildman–Crippen LogP) is 5.24. The number of fused-ring (bicyclic) bond motifs is 1. The minimum atomic E-state index is -0.181. The molecule has 4 atom stereocenters. The van der Waals surface area contributed by atoms with E-state index in [2.05, 4.69) is 45.0 Å². The molecule has 0 unspecified atom stereocenters. The van der Waals surface area contributed by atoms with Crippen LogP contribution in [0.2, 0.25) is 0 Å². The highest BCUT2D eigenvalue weighted by molar-refractivity contribution is 5.78. The Morgan fingerprint density at radius 1 is 1.27 bits per heavy atom. The maximum absolute atomic E-state index is 11.9. The zero-order valence-electron chi connectivity index (χ0n) is 16.1. The topological polar surface area (TPSA) is 35.5 Å². The summed E-state index contributed by atoms with van der Waals surface area (Å²) in [6.45, 7) is 7.42. The number of rotatable bonds is 7. The van der Waals surface area contributed by atoms with E-state index in [1.807, 2.05) is 18.4 Å². The first-order valence-corrected chi connectivity index (χ1v) is 9.84. The Hall–Kier alpha value is -1.87. The van der Waals surface area contributed by atoms with Gasteiger partial charge in [-0.1, -0.05) is 57.5 Å². The molecule has 0 radical (unpaired) electrons. The number of benzene rings is 1. The van der Waals surface area contributed by atoms with Gasteiger partial charge < -0.3 is 9.47 Å². The number of hydrogen-bond acceptors (Lipinski definition) is 3. The van der Waals surface area contributed by atoms with Crippen LogP contribution < -0.4 is 0 Å². The van der Waals surface area contributed by atoms with E-state index in [0.717, 1.165) is 43.3 Å². The van der Waals surface area contributed by atoms with E-state index in [0.29, 0.717) is 17.8 Å². The molecule has 0 N–H and O–H groups in total. The molecule has 1 aliphatic heterocycles. The fourth-order valence-corrected chi connectivity index (χ4v) is 4.40. The minimum Gasteiger partial charge on any atom is -0.472 e. The number of ether oxygens (including phenoxy) is 2. The molecule has 0 bridgehead atoms. The van der Waals surface area contributed by atoms with Gasteiger partial charge in [-0.25, -0.2) is 0 Å². The van der Waals surface area contributed by atoms with Gasteiger partial charge in [0, 0.05) is 17.9 Å². The average Bonchev–Trinajstić information content (AvgIpc) is 2.67. The molecule has 1 aromatic rings. The van der Waals surface area contributed by atoms with E-state index in [9.17, 15) is 4.79 Å². The summed E-state index contributed by atoms with van der Waals surface area (Å²) in [5.74, 6) is 1.29. The summed E-state index contributed by atoms with van der Waals surface area (Å²) in [5, 5.41) is 0. The van der Waals surface area contributed by atoms with Gasteiger partial charge in [0.15, 0.2) is 6.29 Å². The minimum absolute atomic E-state index is 0.130. The van der Waals surface area contributed by atoms with Crippen LogP contribution in [-0.2, 0) is 14.3 Å². The molecular formula is C23H30O3. The van der Waals surface area contributed by atoms with Gasteiger partial charge in [0.05, 0.1) is 12.9 Å². The van der Waals surface area contributed by atoms with Crippen LogP contribution in [0.5, 0.6) is 0 Å². The quantitative estimate of drug-likeness (QED) is 0.496. The highest BCUT2D eigenvalue weighted by atomic mass is 16.7. The van der Waals surface area contributed by atoms with Crippen molar-refractivity contribution >= 4 is 6.29 Å². The average molecular weight is 354 g/mol. The maximum Gasteiger partial charge on any atom is 0.199 e. The standard InChI is InChI=1S/C23H30O3/c1-4-5-11-25-21-13-20-19(15-26-21)12-18(14-24)23(22(20)16(2)3)17-9-7-6-8-10-17/h6-10,12,14-16,20-23H,4-5,11,13H2,1-3H3/t20-,21-,22+,23+/m1/s1. The highest BCUT2D eigenvalue weighted by Gasteiger charge is 2.42. The molecule has 0 saturated heterocycles. The van der Waals surface area contributed by atoms with Crippen molar-refractivity contribution in [1.82, 2.24) is 0 Å². The summed E-state index contributed by atoms with van der Waals surface area (Å²) in [6, 6.07) is 10.4. The van der Waals surface area contributed by atoms with Crippen molar-refractivity contribution in [3.8, 4) is 0 Å². The first kappa shape index (κ1) is 18.9. The molecule has 1 aliphatic carbocycles. The molecule has 0 aromatic heterocycles. The highest BCUT2D eigenvalue weighted by Crippen LogP contribution is 2.49. The lowest BCUT2D eigenvalue weighted by Crippen LogP contribution is -2.38. The number of carbonyl (C=O) groups excluding carboxylic acids is 1. The number of aldehydes is 1. The third-order valence-corrected chi connectivity index (χ3v) is 5.64. The van der Waals surface area contributed by atoms with Crippen molar-refractivity contribution in [1.29, 1.82) is 0 Å². The Morgan fingerprint density at radius 2 is 2.04 bits per heavy atom. The van der Waals surface area contributed by atoms with Gasteiger partial charge in [0.25, 0.3) is 0 Å².